The fourth-order valence-electron chi connectivity index (χ4n) is 1.92. The highest BCUT2D eigenvalue weighted by Crippen LogP contribution is 2.23. The third kappa shape index (κ3) is 2.46. The van der Waals surface area contributed by atoms with Gasteiger partial charge in [0.1, 0.15) is 0 Å². The van der Waals surface area contributed by atoms with E-state index in [1.54, 1.807) is 11.3 Å². The predicted octanol–water partition coefficient (Wildman–Crippen LogP) is 2.28. The number of thiophene rings is 1. The topological polar surface area (TPSA) is 50.5 Å². The van der Waals surface area contributed by atoms with Crippen LogP contribution in [-0.4, -0.2) is 27.7 Å². The maximum atomic E-state index is 11.7. The summed E-state index contributed by atoms with van der Waals surface area (Å²) in [7, 11) is 2.00. The van der Waals surface area contributed by atoms with Crippen LogP contribution in [0, 0.1) is 0 Å². The number of aromatic nitrogens is 3. The molecule has 104 valence electrons. The summed E-state index contributed by atoms with van der Waals surface area (Å²) in [6.07, 6.45) is 2.49. The molecule has 0 saturated heterocycles. The Morgan fingerprint density at radius 1 is 1.45 bits per heavy atom. The van der Waals surface area contributed by atoms with Gasteiger partial charge in [-0.3, -0.25) is 4.79 Å². The van der Waals surface area contributed by atoms with Crippen LogP contribution in [0.1, 0.15) is 11.8 Å². The van der Waals surface area contributed by atoms with E-state index in [1.165, 1.54) is 33.0 Å². The van der Waals surface area contributed by atoms with E-state index < -0.39 is 0 Å². The van der Waals surface area contributed by atoms with E-state index in [-0.39, 0.29) is 5.56 Å². The number of hydrogen-bond acceptors (Lipinski definition) is 6. The molecule has 3 aromatic heterocycles. The van der Waals surface area contributed by atoms with E-state index in [1.807, 2.05) is 7.05 Å². The van der Waals surface area contributed by atoms with Gasteiger partial charge in [0.15, 0.2) is 0 Å². The summed E-state index contributed by atoms with van der Waals surface area (Å²) in [5.74, 6) is 0. The third-order valence-corrected chi connectivity index (χ3v) is 5.11. The van der Waals surface area contributed by atoms with Gasteiger partial charge in [-0.15, -0.1) is 16.4 Å². The predicted molar refractivity (Wildman–Crippen MR) is 83.0 cm³/mol. The highest BCUT2D eigenvalue weighted by atomic mass is 32.1. The number of rotatable bonds is 4. The van der Waals surface area contributed by atoms with Crippen LogP contribution < -0.4 is 10.5 Å². The van der Waals surface area contributed by atoms with Crippen LogP contribution in [-0.2, 0) is 6.42 Å². The quantitative estimate of drug-likeness (QED) is 0.742. The van der Waals surface area contributed by atoms with Crippen LogP contribution in [0.3, 0.4) is 0 Å². The number of likely N-dealkylation sites (N-methyl/N-ethyl adjacent to an activating group) is 1. The molecule has 0 spiro atoms. The maximum absolute atomic E-state index is 11.7. The van der Waals surface area contributed by atoms with E-state index in [9.17, 15) is 4.79 Å². The number of hydrogen-bond donors (Lipinski definition) is 0. The van der Waals surface area contributed by atoms with Crippen molar-refractivity contribution in [3.8, 4) is 0 Å². The summed E-state index contributed by atoms with van der Waals surface area (Å²) in [6, 6.07) is 5.93. The van der Waals surface area contributed by atoms with Gasteiger partial charge in [-0.2, -0.15) is 4.52 Å². The van der Waals surface area contributed by atoms with Crippen molar-refractivity contribution in [1.82, 2.24) is 14.6 Å². The molecule has 20 heavy (non-hydrogen) atoms. The van der Waals surface area contributed by atoms with Crippen molar-refractivity contribution in [3.63, 3.8) is 0 Å². The van der Waals surface area contributed by atoms with E-state index in [4.69, 9.17) is 0 Å². The Balaban J connectivity index is 1.86. The summed E-state index contributed by atoms with van der Waals surface area (Å²) in [4.78, 5) is 19.9. The van der Waals surface area contributed by atoms with Crippen LogP contribution >= 0.6 is 22.7 Å². The Morgan fingerprint density at radius 3 is 3.00 bits per heavy atom. The minimum atomic E-state index is -0.142. The first-order chi connectivity index (χ1) is 9.65. The lowest BCUT2D eigenvalue weighted by molar-refractivity contribution is 0.679. The van der Waals surface area contributed by atoms with Crippen LogP contribution in [0.25, 0.3) is 4.96 Å². The van der Waals surface area contributed by atoms with E-state index >= 15 is 0 Å². The maximum Gasteiger partial charge on any atom is 0.275 e. The molecule has 0 saturated carbocycles. The summed E-state index contributed by atoms with van der Waals surface area (Å²) in [5.41, 5.74) is -0.142. The molecule has 0 fully saturated rings. The lowest BCUT2D eigenvalue weighted by Crippen LogP contribution is -2.30. The molecule has 3 rings (SSSR count). The zero-order chi connectivity index (χ0) is 14.1. The van der Waals surface area contributed by atoms with Crippen LogP contribution in [0.4, 0.5) is 5.13 Å². The fraction of sp³-hybridized carbons (Fsp3) is 0.308. The number of nitrogens with zero attached hydrogens (tertiary/aromatic N) is 4. The summed E-state index contributed by atoms with van der Waals surface area (Å²) in [6.45, 7) is 2.15. The van der Waals surface area contributed by atoms with E-state index in [2.05, 4.69) is 39.4 Å². The third-order valence-electron chi connectivity index (χ3n) is 3.20. The standard InChI is InChI=1S/C13H14N4OS2/c1-9(8-10-4-3-7-19-10)16(2)13-15-17-11(18)5-6-14-12(17)20-13/h3-7,9H,8H2,1-2H3. The number of anilines is 1. The molecule has 7 heteroatoms. The monoisotopic (exact) mass is 306 g/mol. The molecular weight excluding hydrogens is 292 g/mol. The molecule has 0 bridgehead atoms. The second kappa shape index (κ2) is 5.34. The van der Waals surface area contributed by atoms with Gasteiger partial charge in [0.2, 0.25) is 10.1 Å². The average Bonchev–Trinajstić information content (AvgIpc) is 3.07. The lowest BCUT2D eigenvalue weighted by atomic mass is 10.2. The summed E-state index contributed by atoms with van der Waals surface area (Å²) in [5, 5.41) is 7.25. The molecule has 0 N–H and O–H groups in total. The Hall–Kier alpha value is -1.73. The zero-order valence-corrected chi connectivity index (χ0v) is 12.8. The first-order valence-corrected chi connectivity index (χ1v) is 7.95. The largest absolute Gasteiger partial charge is 0.347 e. The van der Waals surface area contributed by atoms with Gasteiger partial charge in [0, 0.05) is 36.7 Å². The van der Waals surface area contributed by atoms with Crippen LogP contribution in [0.15, 0.2) is 34.6 Å². The van der Waals surface area contributed by atoms with Crippen LogP contribution in [0.2, 0.25) is 0 Å². The molecule has 1 atom stereocenters. The van der Waals surface area contributed by atoms with Gasteiger partial charge in [0.05, 0.1) is 0 Å². The molecule has 0 aliphatic rings. The molecule has 0 radical (unpaired) electrons. The second-order valence-electron chi connectivity index (χ2n) is 4.61. The average molecular weight is 306 g/mol. The normalized spacial score (nSPS) is 12.7. The molecule has 1 unspecified atom stereocenters. The molecule has 0 aliphatic heterocycles. The van der Waals surface area contributed by atoms with E-state index in [0.29, 0.717) is 11.0 Å². The summed E-state index contributed by atoms with van der Waals surface area (Å²) >= 11 is 3.19. The van der Waals surface area contributed by atoms with Gasteiger partial charge in [0.25, 0.3) is 5.56 Å². The molecule has 5 nitrogen and oxygen atoms in total. The SMILES string of the molecule is CC(Cc1cccs1)N(C)c1nn2c(=O)ccnc2s1. The molecule has 0 aromatic carbocycles. The van der Waals surface area contributed by atoms with Crippen molar-refractivity contribution in [2.75, 3.05) is 11.9 Å². The van der Waals surface area contributed by atoms with Crippen molar-refractivity contribution in [1.29, 1.82) is 0 Å². The number of fused-ring (bicyclic) bond motifs is 1. The highest BCUT2D eigenvalue weighted by molar-refractivity contribution is 7.20. The Kier molecular flexibility index (Phi) is 3.54. The zero-order valence-electron chi connectivity index (χ0n) is 11.2. The van der Waals surface area contributed by atoms with Gasteiger partial charge in [-0.1, -0.05) is 17.4 Å². The van der Waals surface area contributed by atoms with Gasteiger partial charge >= 0.3 is 0 Å². The van der Waals surface area contributed by atoms with Gasteiger partial charge in [-0.05, 0) is 18.4 Å². The minimum Gasteiger partial charge on any atom is -0.347 e. The molecule has 0 amide bonds. The van der Waals surface area contributed by atoms with Crippen LogP contribution in [0.5, 0.6) is 0 Å². The molecular formula is C13H14N4OS2. The van der Waals surface area contributed by atoms with Crippen molar-refractivity contribution < 1.29 is 0 Å². The van der Waals surface area contributed by atoms with Crippen molar-refractivity contribution >= 4 is 32.8 Å². The molecule has 3 heterocycles. The first-order valence-electron chi connectivity index (χ1n) is 6.25. The minimum absolute atomic E-state index is 0.142. The van der Waals surface area contributed by atoms with Crippen molar-refractivity contribution in [2.24, 2.45) is 0 Å². The second-order valence-corrected chi connectivity index (χ2v) is 6.57. The highest BCUT2D eigenvalue weighted by Gasteiger charge is 2.16. The lowest BCUT2D eigenvalue weighted by Gasteiger charge is -2.23. The first kappa shape index (κ1) is 13.3. The Bertz CT molecular complexity index is 762. The molecule has 0 aliphatic carbocycles. The van der Waals surface area contributed by atoms with E-state index in [0.717, 1.165) is 11.6 Å². The van der Waals surface area contributed by atoms with Crippen molar-refractivity contribution in [2.45, 2.75) is 19.4 Å². The molecule has 3 aromatic rings. The van der Waals surface area contributed by atoms with Gasteiger partial charge < -0.3 is 4.90 Å². The smallest absolute Gasteiger partial charge is 0.275 e. The van der Waals surface area contributed by atoms with Crippen molar-refractivity contribution in [3.05, 3.63) is 45.0 Å². The summed E-state index contributed by atoms with van der Waals surface area (Å²) < 4.78 is 1.36. The fourth-order valence-corrected chi connectivity index (χ4v) is 3.69. The van der Waals surface area contributed by atoms with Gasteiger partial charge in [-0.25, -0.2) is 4.98 Å². The Labute approximate surface area is 124 Å². The Morgan fingerprint density at radius 2 is 2.30 bits per heavy atom.